The van der Waals surface area contributed by atoms with Crippen LogP contribution >= 0.6 is 0 Å². The van der Waals surface area contributed by atoms with Gasteiger partial charge in [0.1, 0.15) is 25.1 Å². The average Bonchev–Trinajstić information content (AvgIpc) is 3.64. The molecule has 0 spiro atoms. The lowest BCUT2D eigenvalue weighted by Gasteiger charge is -2.33. The quantitative estimate of drug-likeness (QED) is 0.0619. The maximum absolute atomic E-state index is 15.3. The van der Waals surface area contributed by atoms with Crippen molar-refractivity contribution in [3.8, 4) is 11.4 Å². The Bertz CT molecular complexity index is 2550. The summed E-state index contributed by atoms with van der Waals surface area (Å²) in [5.41, 5.74) is 8.20. The Morgan fingerprint density at radius 2 is 1.81 bits per heavy atom. The number of pyridine rings is 2. The van der Waals surface area contributed by atoms with Crippen LogP contribution in [0.25, 0.3) is 22.3 Å². The van der Waals surface area contributed by atoms with E-state index in [1.54, 1.807) is 50.2 Å². The minimum atomic E-state index is -1.80. The number of rotatable bonds is 16. The number of fused-ring (bicyclic) bond motifs is 5. The highest BCUT2D eigenvalue weighted by atomic mass is 19.1. The normalized spacial score (nSPS) is 17.5. The standard InChI is InChI=1S/C43H48FN9O9/c1-3-43(60)27-14-32-39-25(19-53(32)41(59)26(27)20-62-42(43)46)38-29(10-9-24-22(2)28(44)15-30(52-39)37(24)38)50-36(57)21-61-12-11-47-34(55)17-49-40(58)31(13-23-7-5-4-6-8-23)51-35(56)18-48-33(54)16-45/h4-8,14-15,29,31,46,60H,3,9-13,16-21,45H2,1-2H3,(H,47,55)(H,48,54)(H,49,58)(H,50,57)(H,51,56)/t29-,31-,43-/m0/s1. The van der Waals surface area contributed by atoms with Crippen LogP contribution in [-0.2, 0) is 65.0 Å². The predicted molar refractivity (Wildman–Crippen MR) is 222 cm³/mol. The number of aromatic nitrogens is 2. The second kappa shape index (κ2) is 18.2. The number of aryl methyl sites for hydroxylation is 1. The van der Waals surface area contributed by atoms with E-state index in [-0.39, 0.29) is 75.9 Å². The molecule has 0 bridgehead atoms. The zero-order valence-corrected chi connectivity index (χ0v) is 34.2. The van der Waals surface area contributed by atoms with Gasteiger partial charge < -0.3 is 51.5 Å². The summed E-state index contributed by atoms with van der Waals surface area (Å²) in [4.78, 5) is 81.7. The number of carbonyl (C=O) groups excluding carboxylic acids is 5. The van der Waals surface area contributed by atoms with Crippen LogP contribution in [0.4, 0.5) is 4.39 Å². The number of halogens is 1. The molecule has 62 heavy (non-hydrogen) atoms. The summed E-state index contributed by atoms with van der Waals surface area (Å²) in [7, 11) is 0. The van der Waals surface area contributed by atoms with Crippen LogP contribution in [0.15, 0.2) is 47.3 Å². The van der Waals surface area contributed by atoms with Crippen molar-refractivity contribution >= 4 is 46.3 Å². The Morgan fingerprint density at radius 1 is 1.05 bits per heavy atom. The van der Waals surface area contributed by atoms with E-state index in [4.69, 9.17) is 25.6 Å². The Balaban J connectivity index is 0.970. The number of nitrogens with zero attached hydrogens (tertiary/aromatic N) is 2. The van der Waals surface area contributed by atoms with E-state index >= 15 is 4.39 Å². The SMILES string of the molecule is CC[C@@]1(O)C(=N)OCc2c1cc1n(c2=O)Cc2c-1nc1cc(F)c(C)c3c1c2[C@@H](NC(=O)COCCNC(=O)CNC(=O)[C@H](Cc1ccccc1)NC(=O)CNC(=O)CN)CC3. The molecule has 0 saturated carbocycles. The minimum absolute atomic E-state index is 0.0157. The molecule has 2 aromatic carbocycles. The van der Waals surface area contributed by atoms with Crippen molar-refractivity contribution in [3.05, 3.63) is 97.6 Å². The fraction of sp³-hybridized carbons (Fsp3) is 0.395. The van der Waals surface area contributed by atoms with Crippen LogP contribution in [0.2, 0.25) is 0 Å². The number of hydrogen-bond acceptors (Lipinski definition) is 12. The molecule has 0 radical (unpaired) electrons. The Morgan fingerprint density at radius 3 is 2.55 bits per heavy atom. The lowest BCUT2D eigenvalue weighted by atomic mass is 9.81. The molecule has 2 aliphatic heterocycles. The number of amides is 5. The summed E-state index contributed by atoms with van der Waals surface area (Å²) in [5, 5.41) is 33.5. The van der Waals surface area contributed by atoms with E-state index in [2.05, 4.69) is 26.6 Å². The minimum Gasteiger partial charge on any atom is -0.474 e. The number of carbonyl (C=O) groups is 5. The van der Waals surface area contributed by atoms with Gasteiger partial charge in [-0.05, 0) is 54.5 Å². The second-order valence-corrected chi connectivity index (χ2v) is 15.4. The number of nitrogens with one attached hydrogen (secondary N) is 6. The van der Waals surface area contributed by atoms with Crippen molar-refractivity contribution in [2.75, 3.05) is 39.4 Å². The molecule has 7 rings (SSSR count). The first-order chi connectivity index (χ1) is 29.7. The molecule has 4 aromatic rings. The molecule has 3 aliphatic rings. The molecule has 9 N–H and O–H groups in total. The van der Waals surface area contributed by atoms with Crippen molar-refractivity contribution in [3.63, 3.8) is 0 Å². The van der Waals surface area contributed by atoms with Gasteiger partial charge in [0.15, 0.2) is 5.60 Å². The third kappa shape index (κ3) is 8.63. The van der Waals surface area contributed by atoms with Gasteiger partial charge in [0.2, 0.25) is 35.4 Å². The van der Waals surface area contributed by atoms with Gasteiger partial charge >= 0.3 is 0 Å². The number of benzene rings is 2. The number of nitrogens with two attached hydrogens (primary N) is 1. The van der Waals surface area contributed by atoms with Gasteiger partial charge in [-0.2, -0.15) is 0 Å². The Hall–Kier alpha value is -6.57. The van der Waals surface area contributed by atoms with Crippen LogP contribution in [0, 0.1) is 18.2 Å². The molecule has 4 heterocycles. The zero-order valence-electron chi connectivity index (χ0n) is 34.2. The lowest BCUT2D eigenvalue weighted by molar-refractivity contribution is -0.130. The van der Waals surface area contributed by atoms with E-state index in [1.807, 2.05) is 0 Å². The second-order valence-electron chi connectivity index (χ2n) is 15.4. The summed E-state index contributed by atoms with van der Waals surface area (Å²) in [6.07, 6.45) is 1.11. The fourth-order valence-electron chi connectivity index (χ4n) is 8.31. The van der Waals surface area contributed by atoms with E-state index in [1.165, 1.54) is 10.6 Å². The number of ether oxygens (including phenoxy) is 2. The topological polar surface area (TPSA) is 269 Å². The molecule has 3 atom stereocenters. The zero-order chi connectivity index (χ0) is 44.3. The molecule has 0 unspecified atom stereocenters. The smallest absolute Gasteiger partial charge is 0.258 e. The third-order valence-corrected chi connectivity index (χ3v) is 11.6. The highest BCUT2D eigenvalue weighted by molar-refractivity contribution is 5.95. The Labute approximate surface area is 354 Å². The molecular weight excluding hydrogens is 806 g/mol. The molecular formula is C43H48FN9O9. The monoisotopic (exact) mass is 853 g/mol. The molecule has 5 amide bonds. The molecule has 326 valence electrons. The van der Waals surface area contributed by atoms with Gasteiger partial charge in [-0.1, -0.05) is 37.3 Å². The van der Waals surface area contributed by atoms with E-state index in [0.717, 1.165) is 16.7 Å². The lowest BCUT2D eigenvalue weighted by Crippen LogP contribution is -2.52. The van der Waals surface area contributed by atoms with Gasteiger partial charge in [0.25, 0.3) is 5.56 Å². The first-order valence-electron chi connectivity index (χ1n) is 20.3. The van der Waals surface area contributed by atoms with Gasteiger partial charge in [-0.15, -0.1) is 0 Å². The fourth-order valence-corrected chi connectivity index (χ4v) is 8.31. The summed E-state index contributed by atoms with van der Waals surface area (Å²) >= 11 is 0. The maximum Gasteiger partial charge on any atom is 0.258 e. The van der Waals surface area contributed by atoms with E-state index in [9.17, 15) is 33.9 Å². The van der Waals surface area contributed by atoms with Gasteiger partial charge in [0.05, 0.1) is 61.3 Å². The number of hydrogen-bond donors (Lipinski definition) is 8. The predicted octanol–water partition coefficient (Wildman–Crippen LogP) is 0.133. The van der Waals surface area contributed by atoms with Crippen LogP contribution in [0.3, 0.4) is 0 Å². The summed E-state index contributed by atoms with van der Waals surface area (Å²) in [5.74, 6) is -3.53. The van der Waals surface area contributed by atoms with Crippen LogP contribution < -0.4 is 37.9 Å². The van der Waals surface area contributed by atoms with Crippen molar-refractivity contribution in [1.82, 2.24) is 36.1 Å². The molecule has 1 aliphatic carbocycles. The van der Waals surface area contributed by atoms with Gasteiger partial charge in [0, 0.05) is 35.5 Å². The molecule has 18 nitrogen and oxygen atoms in total. The molecule has 0 fully saturated rings. The van der Waals surface area contributed by atoms with Crippen molar-refractivity contribution in [1.29, 1.82) is 5.41 Å². The molecule has 2 aromatic heterocycles. The largest absolute Gasteiger partial charge is 0.474 e. The first kappa shape index (κ1) is 43.5. The van der Waals surface area contributed by atoms with Crippen molar-refractivity contribution in [2.24, 2.45) is 5.73 Å². The Kier molecular flexibility index (Phi) is 12.8. The van der Waals surface area contributed by atoms with Crippen LogP contribution in [0.5, 0.6) is 0 Å². The highest BCUT2D eigenvalue weighted by Gasteiger charge is 2.44. The number of aliphatic hydroxyl groups is 1. The van der Waals surface area contributed by atoms with Crippen LogP contribution in [0.1, 0.15) is 64.8 Å². The first-order valence-corrected chi connectivity index (χ1v) is 20.3. The van der Waals surface area contributed by atoms with Crippen LogP contribution in [-0.4, -0.2) is 95.5 Å². The molecule has 19 heteroatoms. The average molecular weight is 854 g/mol. The maximum atomic E-state index is 15.3. The van der Waals surface area contributed by atoms with Gasteiger partial charge in [-0.3, -0.25) is 34.2 Å². The van der Waals surface area contributed by atoms with E-state index in [0.29, 0.717) is 46.3 Å². The van der Waals surface area contributed by atoms with Gasteiger partial charge in [-0.25, -0.2) is 9.37 Å². The van der Waals surface area contributed by atoms with E-state index < -0.39 is 65.1 Å². The summed E-state index contributed by atoms with van der Waals surface area (Å²) in [6, 6.07) is 10.4. The van der Waals surface area contributed by atoms with Crippen molar-refractivity contribution in [2.45, 2.75) is 70.4 Å². The molecule has 0 saturated heterocycles. The summed E-state index contributed by atoms with van der Waals surface area (Å²) < 4.78 is 27.8. The third-order valence-electron chi connectivity index (χ3n) is 11.6. The van der Waals surface area contributed by atoms with Crippen molar-refractivity contribution < 1.29 is 42.9 Å². The summed E-state index contributed by atoms with van der Waals surface area (Å²) in [6.45, 7) is 1.88. The highest BCUT2D eigenvalue weighted by Crippen LogP contribution is 2.46.